The van der Waals surface area contributed by atoms with E-state index in [1.807, 2.05) is 12.4 Å². The van der Waals surface area contributed by atoms with Crippen LogP contribution in [0.15, 0.2) is 18.5 Å². The molecule has 18 heavy (non-hydrogen) atoms. The van der Waals surface area contributed by atoms with Crippen molar-refractivity contribution in [1.82, 2.24) is 10.3 Å². The van der Waals surface area contributed by atoms with Crippen LogP contribution in [0.1, 0.15) is 44.6 Å². The molecule has 3 rings (SSSR count). The second kappa shape index (κ2) is 4.54. The topological polar surface area (TPSA) is 34.1 Å². The fourth-order valence-corrected chi connectivity index (χ4v) is 3.29. The molecule has 1 saturated carbocycles. The lowest BCUT2D eigenvalue weighted by Gasteiger charge is -2.39. The maximum Gasteiger partial charge on any atom is 0.138 e. The van der Waals surface area contributed by atoms with E-state index in [1.54, 1.807) is 0 Å². The molecule has 1 aromatic rings. The van der Waals surface area contributed by atoms with E-state index in [1.165, 1.54) is 37.9 Å². The third kappa shape index (κ3) is 2.24. The lowest BCUT2D eigenvalue weighted by molar-refractivity contribution is 0.175. The van der Waals surface area contributed by atoms with E-state index in [2.05, 4.69) is 30.2 Å². The molecule has 1 aliphatic carbocycles. The van der Waals surface area contributed by atoms with Crippen molar-refractivity contribution in [3.8, 4) is 5.75 Å². The summed E-state index contributed by atoms with van der Waals surface area (Å²) in [7, 11) is 0. The summed E-state index contributed by atoms with van der Waals surface area (Å²) in [5.74, 6) is 1.59. The van der Waals surface area contributed by atoms with Gasteiger partial charge in [0.25, 0.3) is 0 Å². The number of ether oxygens (including phenoxy) is 1. The average molecular weight is 246 g/mol. The largest absolute Gasteiger partial charge is 0.489 e. The van der Waals surface area contributed by atoms with E-state index in [-0.39, 0.29) is 6.10 Å². The minimum Gasteiger partial charge on any atom is -0.489 e. The Morgan fingerprint density at radius 2 is 2.22 bits per heavy atom. The molecule has 1 unspecified atom stereocenters. The van der Waals surface area contributed by atoms with E-state index in [0.29, 0.717) is 11.3 Å². The Morgan fingerprint density at radius 1 is 1.39 bits per heavy atom. The molecule has 1 aromatic heterocycles. The number of pyridine rings is 1. The number of rotatable bonds is 3. The Morgan fingerprint density at radius 3 is 2.83 bits per heavy atom. The fraction of sp³-hybridized carbons (Fsp3) is 0.667. The predicted octanol–water partition coefficient (Wildman–Crippen LogP) is 2.73. The summed E-state index contributed by atoms with van der Waals surface area (Å²) in [4.78, 5) is 4.33. The van der Waals surface area contributed by atoms with Gasteiger partial charge in [0.1, 0.15) is 5.75 Å². The zero-order chi connectivity index (χ0) is 12.6. The molecule has 3 heteroatoms. The molecule has 0 amide bonds. The molecule has 2 fully saturated rings. The second-order valence-electron chi connectivity index (χ2n) is 6.16. The van der Waals surface area contributed by atoms with Gasteiger partial charge in [-0.3, -0.25) is 4.98 Å². The van der Waals surface area contributed by atoms with Gasteiger partial charge in [-0.05, 0) is 56.1 Å². The van der Waals surface area contributed by atoms with Gasteiger partial charge in [-0.2, -0.15) is 0 Å². The molecule has 2 aliphatic rings. The van der Waals surface area contributed by atoms with Crippen LogP contribution in [-0.2, 0) is 0 Å². The maximum atomic E-state index is 5.73. The Bertz CT molecular complexity index is 426. The van der Waals surface area contributed by atoms with Crippen LogP contribution in [0, 0.1) is 5.41 Å². The first-order valence-electron chi connectivity index (χ1n) is 6.99. The summed E-state index contributed by atoms with van der Waals surface area (Å²) in [6.45, 7) is 6.52. The molecule has 0 radical (unpaired) electrons. The highest BCUT2D eigenvalue weighted by Gasteiger charge is 2.43. The van der Waals surface area contributed by atoms with Crippen molar-refractivity contribution in [2.45, 2.75) is 45.1 Å². The molecule has 1 spiro atoms. The molecule has 0 bridgehead atoms. The van der Waals surface area contributed by atoms with Crippen LogP contribution in [0.3, 0.4) is 0 Å². The first kappa shape index (κ1) is 12.0. The Hall–Kier alpha value is -1.09. The monoisotopic (exact) mass is 246 g/mol. The quantitative estimate of drug-likeness (QED) is 0.890. The number of aromatic nitrogens is 1. The molecular weight excluding hydrogens is 224 g/mol. The van der Waals surface area contributed by atoms with Gasteiger partial charge in [-0.1, -0.05) is 0 Å². The van der Waals surface area contributed by atoms with Crippen LogP contribution in [0.2, 0.25) is 0 Å². The number of hydrogen-bond acceptors (Lipinski definition) is 3. The van der Waals surface area contributed by atoms with Gasteiger partial charge in [-0.15, -0.1) is 0 Å². The van der Waals surface area contributed by atoms with Crippen LogP contribution in [0.5, 0.6) is 5.75 Å². The summed E-state index contributed by atoms with van der Waals surface area (Å²) >= 11 is 0. The van der Waals surface area contributed by atoms with Gasteiger partial charge in [0.05, 0.1) is 12.3 Å². The number of nitrogens with one attached hydrogen (secondary N) is 1. The molecule has 1 saturated heterocycles. The van der Waals surface area contributed by atoms with Crippen LogP contribution in [-0.4, -0.2) is 24.2 Å². The third-order valence-corrected chi connectivity index (χ3v) is 4.28. The maximum absolute atomic E-state index is 5.73. The highest BCUT2D eigenvalue weighted by Crippen LogP contribution is 2.48. The lowest BCUT2D eigenvalue weighted by Crippen LogP contribution is -2.51. The van der Waals surface area contributed by atoms with Crippen molar-refractivity contribution >= 4 is 0 Å². The summed E-state index contributed by atoms with van der Waals surface area (Å²) in [6, 6.07) is 2.18. The van der Waals surface area contributed by atoms with E-state index in [0.717, 1.165) is 5.75 Å². The molecule has 98 valence electrons. The molecule has 3 nitrogen and oxygen atoms in total. The van der Waals surface area contributed by atoms with Crippen LogP contribution < -0.4 is 10.1 Å². The molecule has 2 heterocycles. The Balaban J connectivity index is 1.72. The minimum atomic E-state index is 0.216. The average Bonchev–Trinajstić information content (AvgIpc) is 2.73. The normalized spacial score (nSPS) is 25.4. The first-order chi connectivity index (χ1) is 8.67. The molecule has 1 atom stereocenters. The highest BCUT2D eigenvalue weighted by molar-refractivity contribution is 5.28. The van der Waals surface area contributed by atoms with Crippen molar-refractivity contribution in [2.75, 3.05) is 13.1 Å². The van der Waals surface area contributed by atoms with Crippen molar-refractivity contribution < 1.29 is 4.74 Å². The van der Waals surface area contributed by atoms with E-state index < -0.39 is 0 Å². The predicted molar refractivity (Wildman–Crippen MR) is 71.9 cm³/mol. The standard InChI is InChI=1S/C15H22N2O/c1-11(2)18-14-5-13(7-16-8-14)12-3-4-15(6-12)9-17-10-15/h5,7-8,11-12,17H,3-4,6,9-10H2,1-2H3. The zero-order valence-electron chi connectivity index (χ0n) is 11.3. The van der Waals surface area contributed by atoms with E-state index in [4.69, 9.17) is 4.74 Å². The zero-order valence-corrected chi connectivity index (χ0v) is 11.3. The van der Waals surface area contributed by atoms with Crippen LogP contribution >= 0.6 is 0 Å². The van der Waals surface area contributed by atoms with Gasteiger partial charge in [-0.25, -0.2) is 0 Å². The first-order valence-corrected chi connectivity index (χ1v) is 6.99. The lowest BCUT2D eigenvalue weighted by atomic mass is 9.79. The Kier molecular flexibility index (Phi) is 3.02. The summed E-state index contributed by atoms with van der Waals surface area (Å²) in [5, 5.41) is 3.41. The van der Waals surface area contributed by atoms with Gasteiger partial charge in [0.15, 0.2) is 0 Å². The van der Waals surface area contributed by atoms with Crippen LogP contribution in [0.25, 0.3) is 0 Å². The van der Waals surface area contributed by atoms with Crippen molar-refractivity contribution in [1.29, 1.82) is 0 Å². The number of nitrogens with zero attached hydrogens (tertiary/aromatic N) is 1. The number of hydrogen-bond donors (Lipinski definition) is 1. The molecule has 1 aliphatic heterocycles. The van der Waals surface area contributed by atoms with Gasteiger partial charge >= 0.3 is 0 Å². The third-order valence-electron chi connectivity index (χ3n) is 4.28. The summed E-state index contributed by atoms with van der Waals surface area (Å²) in [6.07, 6.45) is 8.02. The Labute approximate surface area is 109 Å². The van der Waals surface area contributed by atoms with Crippen molar-refractivity contribution in [2.24, 2.45) is 5.41 Å². The smallest absolute Gasteiger partial charge is 0.138 e. The molecular formula is C15H22N2O. The molecule has 1 N–H and O–H groups in total. The van der Waals surface area contributed by atoms with Gasteiger partial charge in [0, 0.05) is 19.3 Å². The van der Waals surface area contributed by atoms with Gasteiger partial charge in [0.2, 0.25) is 0 Å². The fourth-order valence-electron chi connectivity index (χ4n) is 3.29. The van der Waals surface area contributed by atoms with Crippen LogP contribution in [0.4, 0.5) is 0 Å². The minimum absolute atomic E-state index is 0.216. The van der Waals surface area contributed by atoms with E-state index >= 15 is 0 Å². The molecule has 0 aromatic carbocycles. The van der Waals surface area contributed by atoms with Gasteiger partial charge < -0.3 is 10.1 Å². The van der Waals surface area contributed by atoms with Crippen molar-refractivity contribution in [3.05, 3.63) is 24.0 Å². The van der Waals surface area contributed by atoms with E-state index in [9.17, 15) is 0 Å². The van der Waals surface area contributed by atoms with Crippen molar-refractivity contribution in [3.63, 3.8) is 0 Å². The SMILES string of the molecule is CC(C)Oc1cncc(C2CCC3(CNC3)C2)c1. The second-order valence-corrected chi connectivity index (χ2v) is 6.16. The summed E-state index contributed by atoms with van der Waals surface area (Å²) < 4.78 is 5.73. The highest BCUT2D eigenvalue weighted by atomic mass is 16.5. The summed E-state index contributed by atoms with van der Waals surface area (Å²) in [5.41, 5.74) is 1.96.